The van der Waals surface area contributed by atoms with Gasteiger partial charge in [-0.25, -0.2) is 0 Å². The summed E-state index contributed by atoms with van der Waals surface area (Å²) in [5.41, 5.74) is 6.95. The third-order valence-corrected chi connectivity index (χ3v) is 9.48. The zero-order valence-corrected chi connectivity index (χ0v) is 25.7. The van der Waals surface area contributed by atoms with E-state index in [0.29, 0.717) is 23.0 Å². The van der Waals surface area contributed by atoms with Crippen LogP contribution < -0.4 is 15.5 Å². The van der Waals surface area contributed by atoms with Crippen LogP contribution in [0, 0.1) is 32.6 Å². The van der Waals surface area contributed by atoms with Gasteiger partial charge in [0.1, 0.15) is 11.8 Å². The molecule has 1 aromatic heterocycles. The molecule has 1 aliphatic carbocycles. The van der Waals surface area contributed by atoms with Crippen molar-refractivity contribution in [1.82, 2.24) is 15.4 Å². The normalized spacial score (nSPS) is 21.8. The first kappa shape index (κ1) is 29.6. The zero-order chi connectivity index (χ0) is 31.1. The van der Waals surface area contributed by atoms with E-state index in [1.165, 1.54) is 11.3 Å². The Morgan fingerprint density at radius 1 is 0.932 bits per heavy atom. The number of imide groups is 2. The van der Waals surface area contributed by atoms with Crippen molar-refractivity contribution in [3.63, 3.8) is 0 Å². The number of amides is 4. The first-order valence-corrected chi connectivity index (χ1v) is 15.4. The highest BCUT2D eigenvalue weighted by molar-refractivity contribution is 6.23. The highest BCUT2D eigenvalue weighted by Gasteiger charge is 2.44. The fraction of sp³-hybridized carbons (Fsp3) is 0.441. The number of piperidine rings is 1. The molecule has 6 rings (SSSR count). The van der Waals surface area contributed by atoms with Crippen LogP contribution in [-0.2, 0) is 9.59 Å². The molecule has 10 nitrogen and oxygen atoms in total. The van der Waals surface area contributed by atoms with E-state index in [1.54, 1.807) is 12.1 Å². The maximum Gasteiger partial charge on any atom is 0.262 e. The van der Waals surface area contributed by atoms with E-state index in [2.05, 4.69) is 52.9 Å². The maximum atomic E-state index is 13.1. The van der Waals surface area contributed by atoms with Crippen LogP contribution in [0.25, 0.3) is 11.1 Å². The molecule has 1 atom stereocenters. The summed E-state index contributed by atoms with van der Waals surface area (Å²) < 4.78 is 5.40. The Morgan fingerprint density at radius 2 is 1.66 bits per heavy atom. The summed E-state index contributed by atoms with van der Waals surface area (Å²) in [6.07, 6.45) is 4.79. The SMILES string of the molecule is Cc1ccc(-c2c(C)noc2C)cc1N(C)C[C@H]1CC[C@H](CNc2ccc3c(c2)C(=O)N(C2CCC(=O)NC2=O)C3=O)CC1. The van der Waals surface area contributed by atoms with Crippen LogP contribution in [0.5, 0.6) is 0 Å². The Kier molecular flexibility index (Phi) is 8.00. The first-order valence-electron chi connectivity index (χ1n) is 15.4. The van der Waals surface area contributed by atoms with E-state index in [9.17, 15) is 19.2 Å². The van der Waals surface area contributed by atoms with Crippen molar-refractivity contribution in [2.45, 2.75) is 65.3 Å². The van der Waals surface area contributed by atoms with Gasteiger partial charge in [-0.05, 0) is 100 Å². The fourth-order valence-electron chi connectivity index (χ4n) is 7.02. The molecule has 0 radical (unpaired) electrons. The Morgan fingerprint density at radius 3 is 2.36 bits per heavy atom. The van der Waals surface area contributed by atoms with Gasteiger partial charge in [-0.15, -0.1) is 0 Å². The molecule has 1 saturated heterocycles. The highest BCUT2D eigenvalue weighted by atomic mass is 16.5. The molecule has 44 heavy (non-hydrogen) atoms. The number of aromatic nitrogens is 1. The van der Waals surface area contributed by atoms with Crippen molar-refractivity contribution in [2.75, 3.05) is 30.4 Å². The van der Waals surface area contributed by atoms with Gasteiger partial charge in [0.05, 0.1) is 16.8 Å². The molecule has 3 heterocycles. The van der Waals surface area contributed by atoms with E-state index in [4.69, 9.17) is 4.52 Å². The number of hydrogen-bond donors (Lipinski definition) is 2. The number of nitrogens with zero attached hydrogens (tertiary/aromatic N) is 3. The van der Waals surface area contributed by atoms with Crippen molar-refractivity contribution in [3.05, 3.63) is 64.5 Å². The molecule has 2 fully saturated rings. The Hall–Kier alpha value is -4.47. The van der Waals surface area contributed by atoms with Gasteiger partial charge in [-0.3, -0.25) is 29.4 Å². The molecule has 0 spiro atoms. The molecule has 2 aliphatic heterocycles. The smallest absolute Gasteiger partial charge is 0.262 e. The third-order valence-electron chi connectivity index (χ3n) is 9.48. The third kappa shape index (κ3) is 5.60. The number of carbonyl (C=O) groups excluding carboxylic acids is 4. The lowest BCUT2D eigenvalue weighted by atomic mass is 9.81. The van der Waals surface area contributed by atoms with Crippen LogP contribution in [0.15, 0.2) is 40.9 Å². The summed E-state index contributed by atoms with van der Waals surface area (Å²) in [6, 6.07) is 10.8. The monoisotopic (exact) mass is 597 g/mol. The molecule has 3 aliphatic rings. The number of benzene rings is 2. The lowest BCUT2D eigenvalue weighted by molar-refractivity contribution is -0.136. The van der Waals surface area contributed by atoms with Gasteiger partial charge >= 0.3 is 0 Å². The summed E-state index contributed by atoms with van der Waals surface area (Å²) in [5.74, 6) is 0.00886. The number of aryl methyl sites for hydroxylation is 3. The molecule has 0 bridgehead atoms. The second-order valence-corrected chi connectivity index (χ2v) is 12.6. The summed E-state index contributed by atoms with van der Waals surface area (Å²) in [6.45, 7) is 7.87. The predicted molar refractivity (Wildman–Crippen MR) is 166 cm³/mol. The van der Waals surface area contributed by atoms with Crippen molar-refractivity contribution in [2.24, 2.45) is 11.8 Å². The van der Waals surface area contributed by atoms with Gasteiger partial charge in [0.2, 0.25) is 11.8 Å². The van der Waals surface area contributed by atoms with E-state index < -0.39 is 23.8 Å². The van der Waals surface area contributed by atoms with Crippen molar-refractivity contribution in [1.29, 1.82) is 0 Å². The average Bonchev–Trinajstić information content (AvgIpc) is 3.47. The van der Waals surface area contributed by atoms with Crippen LogP contribution >= 0.6 is 0 Å². The second kappa shape index (κ2) is 11.9. The number of carbonyl (C=O) groups is 4. The molecule has 2 N–H and O–H groups in total. The van der Waals surface area contributed by atoms with Crippen LogP contribution in [-0.4, -0.2) is 59.9 Å². The van der Waals surface area contributed by atoms with Crippen LogP contribution in [0.4, 0.5) is 11.4 Å². The van der Waals surface area contributed by atoms with E-state index >= 15 is 0 Å². The quantitative estimate of drug-likeness (QED) is 0.347. The van der Waals surface area contributed by atoms with Crippen LogP contribution in [0.1, 0.15) is 76.3 Å². The van der Waals surface area contributed by atoms with Gasteiger partial charge in [-0.1, -0.05) is 17.3 Å². The highest BCUT2D eigenvalue weighted by Crippen LogP contribution is 2.35. The minimum Gasteiger partial charge on any atom is -0.385 e. The number of nitrogens with one attached hydrogen (secondary N) is 2. The summed E-state index contributed by atoms with van der Waals surface area (Å²) in [4.78, 5) is 53.4. The summed E-state index contributed by atoms with van der Waals surface area (Å²) >= 11 is 0. The number of anilines is 2. The largest absolute Gasteiger partial charge is 0.385 e. The molecule has 3 aromatic rings. The number of hydrogen-bond acceptors (Lipinski definition) is 8. The predicted octanol–water partition coefficient (Wildman–Crippen LogP) is 5.02. The lowest BCUT2D eigenvalue weighted by Crippen LogP contribution is -2.54. The van der Waals surface area contributed by atoms with Crippen molar-refractivity contribution < 1.29 is 23.7 Å². The number of fused-ring (bicyclic) bond motifs is 1. The molecule has 230 valence electrons. The topological polar surface area (TPSA) is 125 Å². The second-order valence-electron chi connectivity index (χ2n) is 12.6. The van der Waals surface area contributed by atoms with Gasteiger partial charge in [-0.2, -0.15) is 0 Å². The van der Waals surface area contributed by atoms with Crippen molar-refractivity contribution in [3.8, 4) is 11.1 Å². The van der Waals surface area contributed by atoms with Gasteiger partial charge in [0, 0.05) is 43.5 Å². The minimum absolute atomic E-state index is 0.103. The van der Waals surface area contributed by atoms with Gasteiger partial charge in [0.25, 0.3) is 11.8 Å². The molecule has 1 saturated carbocycles. The fourth-order valence-corrected chi connectivity index (χ4v) is 7.02. The zero-order valence-electron chi connectivity index (χ0n) is 25.7. The Balaban J connectivity index is 1.02. The minimum atomic E-state index is -0.958. The Bertz CT molecular complexity index is 1620. The van der Waals surface area contributed by atoms with Crippen molar-refractivity contribution >= 4 is 35.0 Å². The van der Waals surface area contributed by atoms with Crippen LogP contribution in [0.3, 0.4) is 0 Å². The molecular formula is C34H39N5O5. The van der Waals surface area contributed by atoms with Gasteiger partial charge < -0.3 is 14.7 Å². The van der Waals surface area contributed by atoms with Gasteiger partial charge in [0.15, 0.2) is 0 Å². The Labute approximate surface area is 257 Å². The lowest BCUT2D eigenvalue weighted by Gasteiger charge is -2.33. The summed E-state index contributed by atoms with van der Waals surface area (Å²) in [7, 11) is 2.17. The molecule has 1 unspecified atom stereocenters. The molecule has 10 heteroatoms. The van der Waals surface area contributed by atoms with E-state index in [1.807, 2.05) is 19.9 Å². The average molecular weight is 598 g/mol. The summed E-state index contributed by atoms with van der Waals surface area (Å²) in [5, 5.41) is 9.83. The number of rotatable bonds is 8. The standard InChI is InChI=1S/C34H39N5O5/c1-19-5-10-24(31-20(2)37-44-21(31)3)15-29(19)38(4)18-23-8-6-22(7-9-23)17-35-25-11-12-26-27(16-25)34(43)39(33(26)42)28-13-14-30(40)36-32(28)41/h5,10-12,15-16,22-23,28,35H,6-9,13-14,17-18H2,1-4H3,(H,36,40,41)/t22-,23-,28?. The molecular weight excluding hydrogens is 558 g/mol. The molecule has 2 aromatic carbocycles. The van der Waals surface area contributed by atoms with E-state index in [0.717, 1.165) is 71.9 Å². The first-order chi connectivity index (χ1) is 21.1. The van der Waals surface area contributed by atoms with E-state index in [-0.39, 0.29) is 18.7 Å². The van der Waals surface area contributed by atoms with Crippen LogP contribution in [0.2, 0.25) is 0 Å². The molecule has 4 amide bonds. The maximum absolute atomic E-state index is 13.1.